The molecular formula is C26H28N4O9. The van der Waals surface area contributed by atoms with Crippen LogP contribution in [0.2, 0.25) is 0 Å². The van der Waals surface area contributed by atoms with Gasteiger partial charge in [0.2, 0.25) is 11.7 Å². The number of hydrogen-bond acceptors (Lipinski definition) is 8. The largest absolute Gasteiger partial charge is 0.481 e. The Morgan fingerprint density at radius 2 is 1.59 bits per heavy atom. The highest BCUT2D eigenvalue weighted by molar-refractivity contribution is 6.43. The van der Waals surface area contributed by atoms with Gasteiger partial charge in [0.05, 0.1) is 24.5 Å². The molecule has 0 bridgehead atoms. The van der Waals surface area contributed by atoms with Gasteiger partial charge in [-0.15, -0.1) is 0 Å². The van der Waals surface area contributed by atoms with Crippen molar-refractivity contribution in [1.82, 2.24) is 10.6 Å². The van der Waals surface area contributed by atoms with Crippen LogP contribution in [0.15, 0.2) is 54.6 Å². The lowest BCUT2D eigenvalue weighted by molar-refractivity contribution is -0.136. The molecule has 0 spiro atoms. The summed E-state index contributed by atoms with van der Waals surface area (Å²) in [6.07, 6.45) is 0.704. The number of nitrogens with one attached hydrogen (secondary N) is 2. The van der Waals surface area contributed by atoms with Crippen LogP contribution >= 0.6 is 0 Å². The zero-order chi connectivity index (χ0) is 28.9. The van der Waals surface area contributed by atoms with Crippen LogP contribution in [0.3, 0.4) is 0 Å². The molecule has 39 heavy (non-hydrogen) atoms. The molecule has 0 fully saturated rings. The van der Waals surface area contributed by atoms with E-state index in [1.165, 1.54) is 24.3 Å². The molecule has 1 aliphatic heterocycles. The molecule has 0 saturated heterocycles. The van der Waals surface area contributed by atoms with Crippen molar-refractivity contribution >= 4 is 53.0 Å². The van der Waals surface area contributed by atoms with Crippen molar-refractivity contribution in [2.45, 2.75) is 19.4 Å². The number of fused-ring (bicyclic) bond motifs is 1. The topological polar surface area (TPSA) is 190 Å². The fraction of sp³-hybridized carbons (Fsp3) is 0.269. The summed E-state index contributed by atoms with van der Waals surface area (Å²) in [6.45, 7) is -0.420. The van der Waals surface area contributed by atoms with Gasteiger partial charge in [0.25, 0.3) is 17.7 Å². The van der Waals surface area contributed by atoms with E-state index < -0.39 is 54.6 Å². The monoisotopic (exact) mass is 540 g/mol. The van der Waals surface area contributed by atoms with E-state index in [4.69, 9.17) is 5.11 Å². The molecule has 1 heterocycles. The first kappa shape index (κ1) is 30.3. The fourth-order valence-corrected chi connectivity index (χ4v) is 3.48. The minimum absolute atomic E-state index is 0.109. The number of nitrogens with zero attached hydrogens (tertiary/aromatic N) is 2. The average Bonchev–Trinajstić information content (AvgIpc) is 3.06. The van der Waals surface area contributed by atoms with E-state index in [-0.39, 0.29) is 36.4 Å². The number of hydrogen-bond donors (Lipinski definition) is 4. The maximum absolute atomic E-state index is 13.4. The van der Waals surface area contributed by atoms with E-state index >= 15 is 0 Å². The number of aliphatic carboxylic acids is 1. The Morgan fingerprint density at radius 3 is 2.15 bits per heavy atom. The molecule has 1 unspecified atom stereocenters. The van der Waals surface area contributed by atoms with E-state index in [1.807, 2.05) is 0 Å². The Bertz CT molecular complexity index is 1230. The molecule has 0 aliphatic carbocycles. The number of Topliss-reactive ketones (excluding diaryl/α,β-unsaturated/α-hetero) is 1. The molecule has 0 aromatic heterocycles. The standard InChI is InChI=1S/C23H22N4O7.C3H6O2/c28-11-10-24-19(30)13-27-18-9-5-4-8-17(18)26(20(31)14-29)12-16(23(27)34)25-22(33)21(32)15-6-2-1-3-7-15;1-2-3(4)5/h1-9,11,16,29H,10,12-14H2,(H,24,30)(H,25,33);2H2,1H3,(H,4,5). The number of carbonyl (C=O) groups is 7. The van der Waals surface area contributed by atoms with Crippen LogP contribution in [0.5, 0.6) is 0 Å². The second-order valence-electron chi connectivity index (χ2n) is 8.01. The summed E-state index contributed by atoms with van der Waals surface area (Å²) in [5.74, 6) is -4.85. The van der Waals surface area contributed by atoms with Crippen molar-refractivity contribution in [1.29, 1.82) is 0 Å². The van der Waals surface area contributed by atoms with Crippen LogP contribution in [0.4, 0.5) is 11.4 Å². The Labute approximate surface area is 223 Å². The number of carboxylic acids is 1. The van der Waals surface area contributed by atoms with Gasteiger partial charge in [0.15, 0.2) is 0 Å². The van der Waals surface area contributed by atoms with Gasteiger partial charge in [0.1, 0.15) is 25.5 Å². The molecular weight excluding hydrogens is 512 g/mol. The van der Waals surface area contributed by atoms with Gasteiger partial charge in [-0.2, -0.15) is 0 Å². The number of carboxylic acid groups (broad SMARTS) is 1. The van der Waals surface area contributed by atoms with E-state index in [9.17, 15) is 38.7 Å². The molecule has 206 valence electrons. The van der Waals surface area contributed by atoms with Crippen LogP contribution in [-0.2, 0) is 28.8 Å². The van der Waals surface area contributed by atoms with Crippen molar-refractivity contribution in [3.05, 3.63) is 60.2 Å². The smallest absolute Gasteiger partial charge is 0.303 e. The Morgan fingerprint density at radius 1 is 1.00 bits per heavy atom. The van der Waals surface area contributed by atoms with Crippen molar-refractivity contribution < 1.29 is 43.8 Å². The Balaban J connectivity index is 0.000000976. The lowest BCUT2D eigenvalue weighted by Gasteiger charge is -2.24. The highest BCUT2D eigenvalue weighted by Crippen LogP contribution is 2.32. The maximum atomic E-state index is 13.4. The van der Waals surface area contributed by atoms with Gasteiger partial charge in [-0.05, 0) is 12.1 Å². The molecule has 1 atom stereocenters. The van der Waals surface area contributed by atoms with Crippen molar-refractivity contribution in [3.8, 4) is 0 Å². The van der Waals surface area contributed by atoms with E-state index in [1.54, 1.807) is 37.3 Å². The highest BCUT2D eigenvalue weighted by Gasteiger charge is 2.38. The number of amides is 4. The number of aliphatic hydroxyl groups is 1. The first-order chi connectivity index (χ1) is 18.6. The number of aldehydes is 1. The van der Waals surface area contributed by atoms with Crippen LogP contribution in [0.25, 0.3) is 0 Å². The van der Waals surface area contributed by atoms with Gasteiger partial charge >= 0.3 is 5.97 Å². The summed E-state index contributed by atoms with van der Waals surface area (Å²) in [7, 11) is 0. The minimum atomic E-state index is -1.40. The van der Waals surface area contributed by atoms with Gasteiger partial charge in [-0.25, -0.2) is 0 Å². The lowest BCUT2D eigenvalue weighted by atomic mass is 10.1. The Kier molecular flexibility index (Phi) is 11.5. The van der Waals surface area contributed by atoms with E-state index in [0.29, 0.717) is 6.29 Å². The van der Waals surface area contributed by atoms with Gasteiger partial charge in [0, 0.05) is 12.0 Å². The quantitative estimate of drug-likeness (QED) is 0.185. The number of ketones is 1. The summed E-state index contributed by atoms with van der Waals surface area (Å²) in [5.41, 5.74) is 0.517. The number of anilines is 2. The van der Waals surface area contributed by atoms with Crippen LogP contribution in [0, 0.1) is 0 Å². The number of rotatable bonds is 9. The molecule has 3 rings (SSSR count). The Hall–Kier alpha value is -4.91. The number of aliphatic hydroxyl groups excluding tert-OH is 1. The second kappa shape index (κ2) is 14.7. The molecule has 4 N–H and O–H groups in total. The molecule has 0 radical (unpaired) electrons. The highest BCUT2D eigenvalue weighted by atomic mass is 16.4. The van der Waals surface area contributed by atoms with Gasteiger partial charge in [-0.1, -0.05) is 49.4 Å². The molecule has 0 saturated carbocycles. The normalized spacial score (nSPS) is 14.1. The van der Waals surface area contributed by atoms with Gasteiger partial charge < -0.3 is 30.5 Å². The summed E-state index contributed by atoms with van der Waals surface area (Å²) >= 11 is 0. The predicted octanol–water partition coefficient (Wildman–Crippen LogP) is -0.478. The SMILES string of the molecule is CCC(=O)O.O=CCNC(=O)CN1C(=O)C(NC(=O)C(=O)c2ccccc2)CN(C(=O)CO)c2ccccc21. The number of benzene rings is 2. The van der Waals surface area contributed by atoms with Crippen molar-refractivity contribution in [2.75, 3.05) is 36.0 Å². The van der Waals surface area contributed by atoms with E-state index in [0.717, 1.165) is 9.80 Å². The molecule has 2 aromatic carbocycles. The van der Waals surface area contributed by atoms with Crippen LogP contribution in [0.1, 0.15) is 23.7 Å². The maximum Gasteiger partial charge on any atom is 0.303 e. The van der Waals surface area contributed by atoms with Crippen LogP contribution in [-0.4, -0.2) is 84.2 Å². The minimum Gasteiger partial charge on any atom is -0.481 e. The lowest BCUT2D eigenvalue weighted by Crippen LogP contribution is -2.55. The zero-order valence-corrected chi connectivity index (χ0v) is 21.0. The molecule has 1 aliphatic rings. The third-order valence-electron chi connectivity index (χ3n) is 5.36. The first-order valence-corrected chi connectivity index (χ1v) is 11.8. The van der Waals surface area contributed by atoms with E-state index in [2.05, 4.69) is 10.6 Å². The summed E-state index contributed by atoms with van der Waals surface area (Å²) in [6, 6.07) is 12.5. The average molecular weight is 541 g/mol. The molecule has 2 aromatic rings. The summed E-state index contributed by atoms with van der Waals surface area (Å²) < 4.78 is 0. The first-order valence-electron chi connectivity index (χ1n) is 11.8. The third-order valence-corrected chi connectivity index (χ3v) is 5.36. The van der Waals surface area contributed by atoms with Crippen molar-refractivity contribution in [3.63, 3.8) is 0 Å². The second-order valence-corrected chi connectivity index (χ2v) is 8.01. The zero-order valence-electron chi connectivity index (χ0n) is 21.0. The number of para-hydroxylation sites is 2. The fourth-order valence-electron chi connectivity index (χ4n) is 3.48. The van der Waals surface area contributed by atoms with Crippen LogP contribution < -0.4 is 20.4 Å². The predicted molar refractivity (Wildman–Crippen MR) is 138 cm³/mol. The van der Waals surface area contributed by atoms with Gasteiger partial charge in [-0.3, -0.25) is 33.7 Å². The summed E-state index contributed by atoms with van der Waals surface area (Å²) in [4.78, 5) is 85.5. The summed E-state index contributed by atoms with van der Waals surface area (Å²) in [5, 5.41) is 21.9. The number of carbonyl (C=O) groups excluding carboxylic acids is 6. The molecule has 4 amide bonds. The van der Waals surface area contributed by atoms with Crippen molar-refractivity contribution in [2.24, 2.45) is 0 Å². The molecule has 13 nitrogen and oxygen atoms in total. The third kappa shape index (κ3) is 8.30. The molecule has 13 heteroatoms.